The minimum Gasteiger partial charge on any atom is -0.399 e. The maximum atomic E-state index is 12.5. The van der Waals surface area contributed by atoms with E-state index in [1.54, 1.807) is 22.5 Å². The molecule has 1 aromatic carbocycles. The molecule has 0 saturated carbocycles. The van der Waals surface area contributed by atoms with Crippen molar-refractivity contribution in [3.63, 3.8) is 0 Å². The Bertz CT molecular complexity index is 555. The summed E-state index contributed by atoms with van der Waals surface area (Å²) < 4.78 is 26.7. The van der Waals surface area contributed by atoms with Crippen molar-refractivity contribution >= 4 is 15.7 Å². The van der Waals surface area contributed by atoms with Crippen LogP contribution in [0.3, 0.4) is 0 Å². The van der Waals surface area contributed by atoms with Crippen molar-refractivity contribution in [2.45, 2.75) is 38.0 Å². The highest BCUT2D eigenvalue weighted by atomic mass is 32.2. The molecule has 0 spiro atoms. The highest BCUT2D eigenvalue weighted by molar-refractivity contribution is 7.89. The molecule has 4 nitrogen and oxygen atoms in total. The predicted molar refractivity (Wildman–Crippen MR) is 77.4 cm³/mol. The Morgan fingerprint density at radius 1 is 1.42 bits per heavy atom. The van der Waals surface area contributed by atoms with Gasteiger partial charge in [0.2, 0.25) is 10.0 Å². The van der Waals surface area contributed by atoms with E-state index in [0.717, 1.165) is 24.8 Å². The zero-order valence-electron chi connectivity index (χ0n) is 11.6. The van der Waals surface area contributed by atoms with Gasteiger partial charge >= 0.3 is 0 Å². The van der Waals surface area contributed by atoms with E-state index in [4.69, 9.17) is 5.73 Å². The van der Waals surface area contributed by atoms with Crippen LogP contribution in [0.1, 0.15) is 31.7 Å². The maximum Gasteiger partial charge on any atom is 0.243 e. The van der Waals surface area contributed by atoms with Gasteiger partial charge in [-0.25, -0.2) is 8.42 Å². The highest BCUT2D eigenvalue weighted by Gasteiger charge is 2.32. The normalized spacial score (nSPS) is 20.8. The van der Waals surface area contributed by atoms with E-state index in [-0.39, 0.29) is 0 Å². The molecule has 1 aliphatic rings. The molecule has 1 atom stereocenters. The van der Waals surface area contributed by atoms with Crippen LogP contribution in [0.2, 0.25) is 0 Å². The first-order valence-corrected chi connectivity index (χ1v) is 8.25. The van der Waals surface area contributed by atoms with Crippen LogP contribution in [0.25, 0.3) is 0 Å². The Morgan fingerprint density at radius 3 is 2.79 bits per heavy atom. The van der Waals surface area contributed by atoms with Crippen LogP contribution >= 0.6 is 0 Å². The number of sulfonamides is 1. The lowest BCUT2D eigenvalue weighted by Gasteiger charge is -2.17. The Morgan fingerprint density at radius 2 is 2.16 bits per heavy atom. The maximum absolute atomic E-state index is 12.5. The van der Waals surface area contributed by atoms with Gasteiger partial charge < -0.3 is 5.73 Å². The highest BCUT2D eigenvalue weighted by Crippen LogP contribution is 2.28. The van der Waals surface area contributed by atoms with Crippen molar-refractivity contribution in [3.05, 3.63) is 23.8 Å². The SMILES string of the molecule is CCCC1CCN(S(=O)(=O)c2ccc(N)c(C)c2)C1. The number of hydrogen-bond donors (Lipinski definition) is 1. The van der Waals surface area contributed by atoms with Crippen LogP contribution in [0.4, 0.5) is 5.69 Å². The fourth-order valence-corrected chi connectivity index (χ4v) is 4.23. The summed E-state index contributed by atoms with van der Waals surface area (Å²) in [6, 6.07) is 4.93. The second-order valence-electron chi connectivity index (χ2n) is 5.32. The van der Waals surface area contributed by atoms with Gasteiger partial charge in [-0.2, -0.15) is 4.31 Å². The minimum atomic E-state index is -3.35. The average molecular weight is 282 g/mol. The topological polar surface area (TPSA) is 63.4 Å². The van der Waals surface area contributed by atoms with Crippen molar-refractivity contribution < 1.29 is 8.42 Å². The van der Waals surface area contributed by atoms with E-state index in [0.29, 0.717) is 29.6 Å². The number of nitrogens with two attached hydrogens (primary N) is 1. The number of nitrogens with zero attached hydrogens (tertiary/aromatic N) is 1. The Labute approximate surface area is 115 Å². The van der Waals surface area contributed by atoms with Gasteiger partial charge in [-0.05, 0) is 49.4 Å². The number of rotatable bonds is 4. The predicted octanol–water partition coefficient (Wildman–Crippen LogP) is 2.39. The van der Waals surface area contributed by atoms with E-state index in [9.17, 15) is 8.42 Å². The van der Waals surface area contributed by atoms with Gasteiger partial charge in [0.05, 0.1) is 4.90 Å². The zero-order valence-corrected chi connectivity index (χ0v) is 12.4. The quantitative estimate of drug-likeness (QED) is 0.862. The Kier molecular flexibility index (Phi) is 4.16. The lowest BCUT2D eigenvalue weighted by atomic mass is 10.0. The van der Waals surface area contributed by atoms with Crippen molar-refractivity contribution in [1.82, 2.24) is 4.31 Å². The van der Waals surface area contributed by atoms with E-state index < -0.39 is 10.0 Å². The third kappa shape index (κ3) is 2.92. The number of benzene rings is 1. The van der Waals surface area contributed by atoms with Gasteiger partial charge in [-0.1, -0.05) is 13.3 Å². The van der Waals surface area contributed by atoms with Gasteiger partial charge in [0, 0.05) is 18.8 Å². The standard InChI is InChI=1S/C14H22N2O2S/c1-3-4-12-7-8-16(10-12)19(17,18)13-5-6-14(15)11(2)9-13/h5-6,9,12H,3-4,7-8,10,15H2,1-2H3. The molecule has 2 N–H and O–H groups in total. The van der Waals surface area contributed by atoms with E-state index in [1.165, 1.54) is 0 Å². The first-order valence-electron chi connectivity index (χ1n) is 6.81. The van der Waals surface area contributed by atoms with Gasteiger partial charge in [0.15, 0.2) is 0 Å². The third-order valence-electron chi connectivity index (χ3n) is 3.82. The number of aryl methyl sites for hydroxylation is 1. The lowest BCUT2D eigenvalue weighted by Crippen LogP contribution is -2.29. The molecule has 0 radical (unpaired) electrons. The van der Waals surface area contributed by atoms with Crippen LogP contribution in [-0.2, 0) is 10.0 Å². The fourth-order valence-electron chi connectivity index (χ4n) is 2.62. The molecule has 1 heterocycles. The van der Waals surface area contributed by atoms with Gasteiger partial charge in [0.25, 0.3) is 0 Å². The van der Waals surface area contributed by atoms with Crippen molar-refractivity contribution in [2.24, 2.45) is 5.92 Å². The van der Waals surface area contributed by atoms with Crippen molar-refractivity contribution in [2.75, 3.05) is 18.8 Å². The molecule has 1 aromatic rings. The van der Waals surface area contributed by atoms with Crippen LogP contribution < -0.4 is 5.73 Å². The molecule has 2 rings (SSSR count). The number of hydrogen-bond acceptors (Lipinski definition) is 3. The van der Waals surface area contributed by atoms with Crippen molar-refractivity contribution in [3.8, 4) is 0 Å². The van der Waals surface area contributed by atoms with Crippen LogP contribution in [0.5, 0.6) is 0 Å². The van der Waals surface area contributed by atoms with Gasteiger partial charge in [0.1, 0.15) is 0 Å². The molecule has 1 fully saturated rings. The Balaban J connectivity index is 2.21. The molecule has 19 heavy (non-hydrogen) atoms. The zero-order chi connectivity index (χ0) is 14.0. The van der Waals surface area contributed by atoms with Crippen LogP contribution in [0, 0.1) is 12.8 Å². The van der Waals surface area contributed by atoms with Crippen LogP contribution in [0.15, 0.2) is 23.1 Å². The summed E-state index contributed by atoms with van der Waals surface area (Å²) in [7, 11) is -3.35. The lowest BCUT2D eigenvalue weighted by molar-refractivity contribution is 0.444. The summed E-state index contributed by atoms with van der Waals surface area (Å²) >= 11 is 0. The summed E-state index contributed by atoms with van der Waals surface area (Å²) in [6.07, 6.45) is 3.19. The summed E-state index contributed by atoms with van der Waals surface area (Å²) in [4.78, 5) is 0.358. The van der Waals surface area contributed by atoms with E-state index in [2.05, 4.69) is 6.92 Å². The third-order valence-corrected chi connectivity index (χ3v) is 5.69. The molecule has 1 saturated heterocycles. The molecule has 106 valence electrons. The first kappa shape index (κ1) is 14.3. The van der Waals surface area contributed by atoms with Crippen molar-refractivity contribution in [1.29, 1.82) is 0 Å². The van der Waals surface area contributed by atoms with Gasteiger partial charge in [-0.15, -0.1) is 0 Å². The largest absolute Gasteiger partial charge is 0.399 e. The average Bonchev–Trinajstić information content (AvgIpc) is 2.82. The molecule has 0 aromatic heterocycles. The smallest absolute Gasteiger partial charge is 0.243 e. The fraction of sp³-hybridized carbons (Fsp3) is 0.571. The van der Waals surface area contributed by atoms with Crippen LogP contribution in [-0.4, -0.2) is 25.8 Å². The second-order valence-corrected chi connectivity index (χ2v) is 7.26. The summed E-state index contributed by atoms with van der Waals surface area (Å²) in [5.74, 6) is 0.509. The molecule has 5 heteroatoms. The molecule has 1 aliphatic heterocycles. The first-order chi connectivity index (χ1) is 8.95. The molecular formula is C14H22N2O2S. The summed E-state index contributed by atoms with van der Waals surface area (Å²) in [6.45, 7) is 5.26. The molecule has 0 amide bonds. The van der Waals surface area contributed by atoms with E-state index in [1.807, 2.05) is 6.92 Å². The van der Waals surface area contributed by atoms with Gasteiger partial charge in [-0.3, -0.25) is 0 Å². The number of anilines is 1. The molecule has 0 bridgehead atoms. The summed E-state index contributed by atoms with van der Waals surface area (Å²) in [5, 5.41) is 0. The number of nitrogen functional groups attached to an aromatic ring is 1. The molecular weight excluding hydrogens is 260 g/mol. The Hall–Kier alpha value is -1.07. The summed E-state index contributed by atoms with van der Waals surface area (Å²) in [5.41, 5.74) is 7.18. The monoisotopic (exact) mass is 282 g/mol. The minimum absolute atomic E-state index is 0.358. The molecule has 1 unspecified atom stereocenters. The molecule has 0 aliphatic carbocycles. The second kappa shape index (κ2) is 5.51. The van der Waals surface area contributed by atoms with E-state index >= 15 is 0 Å².